The number of nitrogens with zero attached hydrogens (tertiary/aromatic N) is 3. The molecule has 17 heavy (non-hydrogen) atoms. The van der Waals surface area contributed by atoms with Gasteiger partial charge in [0.25, 0.3) is 0 Å². The minimum Gasteiger partial charge on any atom is -0.302 e. The van der Waals surface area contributed by atoms with Crippen molar-refractivity contribution in [2.75, 3.05) is 39.8 Å². The summed E-state index contributed by atoms with van der Waals surface area (Å²) >= 11 is 0. The topological polar surface area (TPSA) is 42.3 Å². The second-order valence-corrected chi connectivity index (χ2v) is 5.31. The van der Waals surface area contributed by atoms with E-state index in [0.717, 1.165) is 19.4 Å². The summed E-state index contributed by atoms with van der Waals surface area (Å²) in [5, 5.41) is 12.5. The van der Waals surface area contributed by atoms with Crippen LogP contribution >= 0.6 is 0 Å². The van der Waals surface area contributed by atoms with E-state index in [1.165, 1.54) is 32.6 Å². The summed E-state index contributed by atoms with van der Waals surface area (Å²) in [5.41, 5.74) is -0.257. The zero-order chi connectivity index (χ0) is 12.3. The number of likely N-dealkylation sites (N-methyl/N-ethyl adjacent to an activating group) is 1. The Hall–Kier alpha value is -0.630. The summed E-state index contributed by atoms with van der Waals surface area (Å²) in [4.78, 5) is 5.09. The van der Waals surface area contributed by atoms with Crippen LogP contribution in [0.2, 0.25) is 0 Å². The number of hydrogen-bond acceptors (Lipinski definition) is 4. The minimum atomic E-state index is -0.257. The van der Waals surface area contributed by atoms with Gasteiger partial charge in [0, 0.05) is 32.2 Å². The van der Waals surface area contributed by atoms with E-state index >= 15 is 0 Å². The molecule has 1 N–H and O–H groups in total. The summed E-state index contributed by atoms with van der Waals surface area (Å²) in [6.07, 6.45) is 3.16. The van der Waals surface area contributed by atoms with Crippen LogP contribution in [0.3, 0.4) is 0 Å². The number of nitriles is 1. The van der Waals surface area contributed by atoms with Crippen LogP contribution in [0.5, 0.6) is 0 Å². The van der Waals surface area contributed by atoms with Crippen molar-refractivity contribution in [3.05, 3.63) is 0 Å². The van der Waals surface area contributed by atoms with Crippen LogP contribution in [0.25, 0.3) is 0 Å². The maximum atomic E-state index is 9.27. The molecule has 1 aliphatic heterocycles. The van der Waals surface area contributed by atoms with Gasteiger partial charge in [-0.3, -0.25) is 4.90 Å². The highest BCUT2D eigenvalue weighted by atomic mass is 15.3. The first-order chi connectivity index (χ1) is 8.23. The molecule has 96 valence electrons. The van der Waals surface area contributed by atoms with Gasteiger partial charge >= 0.3 is 0 Å². The van der Waals surface area contributed by atoms with E-state index in [1.807, 2.05) is 7.05 Å². The highest BCUT2D eigenvalue weighted by molar-refractivity contribution is 5.13. The van der Waals surface area contributed by atoms with Crippen LogP contribution in [0, 0.1) is 11.3 Å². The van der Waals surface area contributed by atoms with E-state index in [2.05, 4.69) is 28.1 Å². The van der Waals surface area contributed by atoms with Gasteiger partial charge in [-0.15, -0.1) is 0 Å². The Bertz CT molecular complexity index is 290. The van der Waals surface area contributed by atoms with Crippen LogP contribution in [0.1, 0.15) is 26.2 Å². The molecule has 0 aromatic rings. The van der Waals surface area contributed by atoms with Crippen molar-refractivity contribution in [1.82, 2.24) is 15.1 Å². The third-order valence-electron chi connectivity index (χ3n) is 4.55. The highest BCUT2D eigenvalue weighted by Crippen LogP contribution is 2.32. The molecule has 2 aliphatic rings. The largest absolute Gasteiger partial charge is 0.302 e. The Balaban J connectivity index is 1.88. The first-order valence-electron chi connectivity index (χ1n) is 6.79. The Morgan fingerprint density at radius 1 is 1.35 bits per heavy atom. The molecule has 0 radical (unpaired) electrons. The van der Waals surface area contributed by atoms with E-state index in [0.29, 0.717) is 6.04 Å². The normalized spacial score (nSPS) is 35.9. The summed E-state index contributed by atoms with van der Waals surface area (Å²) in [6.45, 7) is 8.11. The molecule has 0 spiro atoms. The molecule has 2 atom stereocenters. The molecule has 1 heterocycles. The van der Waals surface area contributed by atoms with Gasteiger partial charge in [-0.05, 0) is 32.9 Å². The molecule has 2 fully saturated rings. The van der Waals surface area contributed by atoms with Gasteiger partial charge in [-0.2, -0.15) is 5.26 Å². The van der Waals surface area contributed by atoms with Crippen LogP contribution in [-0.4, -0.2) is 61.2 Å². The summed E-state index contributed by atoms with van der Waals surface area (Å²) in [5.74, 6) is 0. The predicted octanol–water partition coefficient (Wildman–Crippen LogP) is 0.658. The molecule has 2 unspecified atom stereocenters. The van der Waals surface area contributed by atoms with Gasteiger partial charge in [0.1, 0.15) is 5.54 Å². The van der Waals surface area contributed by atoms with Crippen molar-refractivity contribution in [2.24, 2.45) is 0 Å². The summed E-state index contributed by atoms with van der Waals surface area (Å²) < 4.78 is 0. The average Bonchev–Trinajstić information content (AvgIpc) is 2.84. The lowest BCUT2D eigenvalue weighted by Gasteiger charge is -2.38. The van der Waals surface area contributed by atoms with E-state index in [1.54, 1.807) is 0 Å². The third-order valence-corrected chi connectivity index (χ3v) is 4.55. The fraction of sp³-hybridized carbons (Fsp3) is 0.923. The number of nitrogens with one attached hydrogen (secondary N) is 1. The van der Waals surface area contributed by atoms with Crippen LogP contribution in [-0.2, 0) is 0 Å². The monoisotopic (exact) mass is 236 g/mol. The Morgan fingerprint density at radius 3 is 2.53 bits per heavy atom. The molecular formula is C13H24N4. The Kier molecular flexibility index (Phi) is 4.03. The van der Waals surface area contributed by atoms with Gasteiger partial charge in [-0.25, -0.2) is 0 Å². The fourth-order valence-corrected chi connectivity index (χ4v) is 3.16. The van der Waals surface area contributed by atoms with Crippen molar-refractivity contribution in [1.29, 1.82) is 5.26 Å². The lowest BCUT2D eigenvalue weighted by Crippen LogP contribution is -2.50. The second-order valence-electron chi connectivity index (χ2n) is 5.31. The van der Waals surface area contributed by atoms with E-state index in [9.17, 15) is 5.26 Å². The van der Waals surface area contributed by atoms with Gasteiger partial charge < -0.3 is 10.2 Å². The molecule has 0 bridgehead atoms. The molecule has 0 aromatic heterocycles. The lowest BCUT2D eigenvalue weighted by atomic mass is 10.00. The summed E-state index contributed by atoms with van der Waals surface area (Å²) in [7, 11) is 1.92. The molecular weight excluding hydrogens is 212 g/mol. The first-order valence-corrected chi connectivity index (χ1v) is 6.79. The van der Waals surface area contributed by atoms with E-state index in [4.69, 9.17) is 0 Å². The van der Waals surface area contributed by atoms with Crippen molar-refractivity contribution in [2.45, 2.75) is 37.8 Å². The standard InChI is InChI=1S/C13H24N4/c1-3-16-6-8-17(9-7-16)12-4-5-13(10-12,11-14)15-2/h12,15H,3-10H2,1-2H3. The number of piperazine rings is 1. The lowest BCUT2D eigenvalue weighted by molar-refractivity contribution is 0.0992. The molecule has 0 amide bonds. The van der Waals surface area contributed by atoms with Crippen LogP contribution < -0.4 is 5.32 Å². The number of hydrogen-bond donors (Lipinski definition) is 1. The second kappa shape index (κ2) is 5.34. The molecule has 2 rings (SSSR count). The zero-order valence-electron chi connectivity index (χ0n) is 11.1. The molecule has 4 heteroatoms. The highest BCUT2D eigenvalue weighted by Gasteiger charge is 2.40. The smallest absolute Gasteiger partial charge is 0.108 e. The molecule has 1 aliphatic carbocycles. The van der Waals surface area contributed by atoms with Crippen LogP contribution in [0.4, 0.5) is 0 Å². The van der Waals surface area contributed by atoms with E-state index in [-0.39, 0.29) is 5.54 Å². The third kappa shape index (κ3) is 2.62. The molecule has 1 saturated heterocycles. The zero-order valence-corrected chi connectivity index (χ0v) is 11.1. The van der Waals surface area contributed by atoms with Gasteiger partial charge in [-0.1, -0.05) is 6.92 Å². The van der Waals surface area contributed by atoms with Crippen molar-refractivity contribution in [3.63, 3.8) is 0 Å². The fourth-order valence-electron chi connectivity index (χ4n) is 3.16. The van der Waals surface area contributed by atoms with Crippen molar-refractivity contribution in [3.8, 4) is 6.07 Å². The van der Waals surface area contributed by atoms with Gasteiger partial charge in [0.15, 0.2) is 0 Å². The minimum absolute atomic E-state index is 0.257. The quantitative estimate of drug-likeness (QED) is 0.781. The molecule has 0 aromatic carbocycles. The SMILES string of the molecule is CCN1CCN(C2CCC(C#N)(NC)C2)CC1. The van der Waals surface area contributed by atoms with Gasteiger partial charge in [0.2, 0.25) is 0 Å². The Labute approximate surface area is 105 Å². The maximum absolute atomic E-state index is 9.27. The summed E-state index contributed by atoms with van der Waals surface area (Å²) in [6, 6.07) is 3.08. The van der Waals surface area contributed by atoms with Crippen molar-refractivity contribution >= 4 is 0 Å². The van der Waals surface area contributed by atoms with Crippen LogP contribution in [0.15, 0.2) is 0 Å². The maximum Gasteiger partial charge on any atom is 0.108 e. The van der Waals surface area contributed by atoms with Gasteiger partial charge in [0.05, 0.1) is 6.07 Å². The first kappa shape index (κ1) is 12.8. The average molecular weight is 236 g/mol. The molecule has 4 nitrogen and oxygen atoms in total. The Morgan fingerprint density at radius 2 is 2.06 bits per heavy atom. The number of rotatable bonds is 3. The molecule has 1 saturated carbocycles. The predicted molar refractivity (Wildman–Crippen MR) is 68.7 cm³/mol. The van der Waals surface area contributed by atoms with E-state index < -0.39 is 0 Å². The van der Waals surface area contributed by atoms with Crippen molar-refractivity contribution < 1.29 is 0 Å².